The Balaban J connectivity index is 2.17. The van der Waals surface area contributed by atoms with Gasteiger partial charge in [0.1, 0.15) is 5.82 Å². The van der Waals surface area contributed by atoms with Crippen LogP contribution in [0.15, 0.2) is 36.4 Å². The summed E-state index contributed by atoms with van der Waals surface area (Å²) in [6.45, 7) is 0. The Morgan fingerprint density at radius 1 is 0.957 bits per heavy atom. The summed E-state index contributed by atoms with van der Waals surface area (Å²) in [6, 6.07) is 10.9. The molecule has 1 aromatic heterocycles. The average molecular weight is 350 g/mol. The van der Waals surface area contributed by atoms with Gasteiger partial charge in [-0.15, -0.1) is 0 Å². The van der Waals surface area contributed by atoms with Crippen molar-refractivity contribution in [1.29, 1.82) is 0 Å². The van der Waals surface area contributed by atoms with Crippen LogP contribution in [0.3, 0.4) is 0 Å². The van der Waals surface area contributed by atoms with Gasteiger partial charge in [0.05, 0.1) is 30.4 Å². The third-order valence-electron chi connectivity index (χ3n) is 3.30. The third-order valence-corrected chi connectivity index (χ3v) is 3.80. The van der Waals surface area contributed by atoms with E-state index >= 15 is 0 Å². The molecule has 0 fully saturated rings. The molecule has 0 aliphatic rings. The topological polar surface area (TPSA) is 56.3 Å². The van der Waals surface area contributed by atoms with E-state index in [1.807, 2.05) is 18.2 Å². The second-order valence-electron chi connectivity index (χ2n) is 4.67. The first-order chi connectivity index (χ1) is 11.1. The molecule has 2 aromatic carbocycles. The van der Waals surface area contributed by atoms with E-state index in [2.05, 4.69) is 15.3 Å². The number of aromatic nitrogens is 2. The number of benzene rings is 2. The molecular formula is C16H13Cl2N3O2. The lowest BCUT2D eigenvalue weighted by atomic mass is 10.2. The summed E-state index contributed by atoms with van der Waals surface area (Å²) in [7, 11) is 3.14. The van der Waals surface area contributed by atoms with Gasteiger partial charge in [0, 0.05) is 11.5 Å². The molecule has 0 radical (unpaired) electrons. The van der Waals surface area contributed by atoms with E-state index in [0.717, 1.165) is 11.1 Å². The molecular weight excluding hydrogens is 337 g/mol. The second kappa shape index (κ2) is 6.48. The fraction of sp³-hybridized carbons (Fsp3) is 0.125. The van der Waals surface area contributed by atoms with Crippen LogP contribution >= 0.6 is 23.2 Å². The van der Waals surface area contributed by atoms with Crippen molar-refractivity contribution in [2.24, 2.45) is 0 Å². The van der Waals surface area contributed by atoms with E-state index in [9.17, 15) is 0 Å². The number of nitrogens with one attached hydrogen (secondary N) is 1. The first kappa shape index (κ1) is 15.6. The van der Waals surface area contributed by atoms with Gasteiger partial charge in [-0.25, -0.2) is 4.98 Å². The molecule has 5 nitrogen and oxygen atoms in total. The minimum atomic E-state index is 0.124. The van der Waals surface area contributed by atoms with Crippen LogP contribution in [0.1, 0.15) is 0 Å². The van der Waals surface area contributed by atoms with Crippen LogP contribution in [-0.4, -0.2) is 24.2 Å². The van der Waals surface area contributed by atoms with Gasteiger partial charge in [0.25, 0.3) is 0 Å². The van der Waals surface area contributed by atoms with Crippen molar-refractivity contribution in [1.82, 2.24) is 9.97 Å². The van der Waals surface area contributed by atoms with Crippen molar-refractivity contribution in [2.45, 2.75) is 0 Å². The van der Waals surface area contributed by atoms with Gasteiger partial charge in [-0.3, -0.25) is 0 Å². The summed E-state index contributed by atoms with van der Waals surface area (Å²) in [5.74, 6) is 1.68. The summed E-state index contributed by atoms with van der Waals surface area (Å²) in [5, 5.41) is 4.63. The van der Waals surface area contributed by atoms with E-state index in [0.29, 0.717) is 27.9 Å². The molecule has 118 valence electrons. The SMILES string of the molecule is COc1cc2nc(Cl)nc(Nc3ccccc3Cl)c2cc1OC. The Bertz CT molecular complexity index is 871. The summed E-state index contributed by atoms with van der Waals surface area (Å²) in [6.07, 6.45) is 0. The second-order valence-corrected chi connectivity index (χ2v) is 5.42. The van der Waals surface area contributed by atoms with Crippen molar-refractivity contribution in [3.63, 3.8) is 0 Å². The Labute approximate surface area is 143 Å². The predicted octanol–water partition coefficient (Wildman–Crippen LogP) is 4.70. The molecule has 0 unspecified atom stereocenters. The molecule has 0 saturated heterocycles. The molecule has 0 aliphatic heterocycles. The number of anilines is 2. The van der Waals surface area contributed by atoms with Crippen LogP contribution in [0.4, 0.5) is 11.5 Å². The summed E-state index contributed by atoms with van der Waals surface area (Å²) in [5.41, 5.74) is 1.36. The van der Waals surface area contributed by atoms with Crippen molar-refractivity contribution < 1.29 is 9.47 Å². The normalized spacial score (nSPS) is 10.6. The van der Waals surface area contributed by atoms with Gasteiger partial charge < -0.3 is 14.8 Å². The first-order valence-corrected chi connectivity index (χ1v) is 7.49. The number of hydrogen-bond acceptors (Lipinski definition) is 5. The number of hydrogen-bond donors (Lipinski definition) is 1. The van der Waals surface area contributed by atoms with Crippen LogP contribution in [0, 0.1) is 0 Å². The average Bonchev–Trinajstić information content (AvgIpc) is 2.55. The molecule has 0 atom stereocenters. The van der Waals surface area contributed by atoms with E-state index in [-0.39, 0.29) is 5.28 Å². The third kappa shape index (κ3) is 3.11. The smallest absolute Gasteiger partial charge is 0.224 e. The highest BCUT2D eigenvalue weighted by atomic mass is 35.5. The fourth-order valence-corrected chi connectivity index (χ4v) is 2.57. The Kier molecular flexibility index (Phi) is 4.41. The largest absolute Gasteiger partial charge is 0.493 e. The number of methoxy groups -OCH3 is 2. The van der Waals surface area contributed by atoms with Gasteiger partial charge in [-0.05, 0) is 29.8 Å². The lowest BCUT2D eigenvalue weighted by Gasteiger charge is -2.13. The van der Waals surface area contributed by atoms with E-state index in [1.165, 1.54) is 0 Å². The van der Waals surface area contributed by atoms with Crippen molar-refractivity contribution in [2.75, 3.05) is 19.5 Å². The summed E-state index contributed by atoms with van der Waals surface area (Å²) in [4.78, 5) is 8.49. The van der Waals surface area contributed by atoms with Gasteiger partial charge >= 0.3 is 0 Å². The molecule has 0 bridgehead atoms. The molecule has 0 aliphatic carbocycles. The van der Waals surface area contributed by atoms with Crippen LogP contribution < -0.4 is 14.8 Å². The maximum absolute atomic E-state index is 6.19. The maximum atomic E-state index is 6.19. The van der Waals surface area contributed by atoms with Crippen molar-refractivity contribution >= 4 is 45.6 Å². The van der Waals surface area contributed by atoms with E-state index < -0.39 is 0 Å². The molecule has 1 heterocycles. The number of halogens is 2. The molecule has 0 spiro atoms. The standard InChI is InChI=1S/C16H13Cl2N3O2/c1-22-13-7-9-12(8-14(13)23-2)20-16(18)21-15(9)19-11-6-4-3-5-10(11)17/h3-8H,1-2H3,(H,19,20,21). The zero-order valence-electron chi connectivity index (χ0n) is 12.4. The van der Waals surface area contributed by atoms with Gasteiger partial charge in [0.15, 0.2) is 11.5 Å². The number of fused-ring (bicyclic) bond motifs is 1. The fourth-order valence-electron chi connectivity index (χ4n) is 2.21. The van der Waals surface area contributed by atoms with Crippen molar-refractivity contribution in [3.05, 3.63) is 46.7 Å². The maximum Gasteiger partial charge on any atom is 0.224 e. The predicted molar refractivity (Wildman–Crippen MR) is 92.4 cm³/mol. The summed E-state index contributed by atoms with van der Waals surface area (Å²) < 4.78 is 10.6. The van der Waals surface area contributed by atoms with Gasteiger partial charge in [-0.2, -0.15) is 4.98 Å². The molecule has 1 N–H and O–H groups in total. The van der Waals surface area contributed by atoms with E-state index in [4.69, 9.17) is 32.7 Å². The highest BCUT2D eigenvalue weighted by molar-refractivity contribution is 6.33. The number of ether oxygens (including phenoxy) is 2. The highest BCUT2D eigenvalue weighted by Gasteiger charge is 2.13. The van der Waals surface area contributed by atoms with E-state index in [1.54, 1.807) is 32.4 Å². The van der Waals surface area contributed by atoms with Gasteiger partial charge in [-0.1, -0.05) is 23.7 Å². The molecule has 7 heteroatoms. The summed E-state index contributed by atoms with van der Waals surface area (Å²) >= 11 is 12.2. The lowest BCUT2D eigenvalue weighted by Crippen LogP contribution is -1.99. The number of rotatable bonds is 4. The lowest BCUT2D eigenvalue weighted by molar-refractivity contribution is 0.356. The number of para-hydroxylation sites is 1. The Morgan fingerprint density at radius 2 is 1.65 bits per heavy atom. The molecule has 0 amide bonds. The zero-order chi connectivity index (χ0) is 16.4. The monoisotopic (exact) mass is 349 g/mol. The van der Waals surface area contributed by atoms with Crippen LogP contribution in [0.5, 0.6) is 11.5 Å². The van der Waals surface area contributed by atoms with Crippen LogP contribution in [0.2, 0.25) is 10.3 Å². The molecule has 3 aromatic rings. The molecule has 3 rings (SSSR count). The Morgan fingerprint density at radius 3 is 2.35 bits per heavy atom. The Hall–Kier alpha value is -2.24. The first-order valence-electron chi connectivity index (χ1n) is 6.73. The molecule has 0 saturated carbocycles. The minimum absolute atomic E-state index is 0.124. The number of nitrogens with zero attached hydrogens (tertiary/aromatic N) is 2. The van der Waals surface area contributed by atoms with Crippen LogP contribution in [-0.2, 0) is 0 Å². The van der Waals surface area contributed by atoms with Crippen molar-refractivity contribution in [3.8, 4) is 11.5 Å². The molecule has 23 heavy (non-hydrogen) atoms. The minimum Gasteiger partial charge on any atom is -0.493 e. The van der Waals surface area contributed by atoms with Gasteiger partial charge in [0.2, 0.25) is 5.28 Å². The zero-order valence-corrected chi connectivity index (χ0v) is 13.9. The highest BCUT2D eigenvalue weighted by Crippen LogP contribution is 2.36. The van der Waals surface area contributed by atoms with Crippen LogP contribution in [0.25, 0.3) is 10.9 Å². The quantitative estimate of drug-likeness (QED) is 0.692.